The molecule has 0 bridgehead atoms. The number of aromatic nitrogens is 1. The maximum atomic E-state index is 13.0. The molecule has 1 heterocycles. The van der Waals surface area contributed by atoms with Gasteiger partial charge in [-0.25, -0.2) is 0 Å². The van der Waals surface area contributed by atoms with E-state index in [1.54, 1.807) is 6.20 Å². The van der Waals surface area contributed by atoms with Gasteiger partial charge in [-0.2, -0.15) is 0 Å². The molecule has 0 saturated heterocycles. The zero-order valence-corrected chi connectivity index (χ0v) is 15.3. The number of amides is 1. The third-order valence-corrected chi connectivity index (χ3v) is 4.48. The van der Waals surface area contributed by atoms with Crippen molar-refractivity contribution in [3.8, 4) is 0 Å². The SMILES string of the molecule is CCCNCC(C(=O)Nc1ccc2cnccc2c1)c1ccc(C)cc1. The van der Waals surface area contributed by atoms with E-state index in [0.29, 0.717) is 6.54 Å². The fourth-order valence-electron chi connectivity index (χ4n) is 2.97. The summed E-state index contributed by atoms with van der Waals surface area (Å²) >= 11 is 0. The van der Waals surface area contributed by atoms with Crippen LogP contribution in [0.1, 0.15) is 30.4 Å². The lowest BCUT2D eigenvalue weighted by Crippen LogP contribution is -2.31. The van der Waals surface area contributed by atoms with Gasteiger partial charge in [0.25, 0.3) is 0 Å². The largest absolute Gasteiger partial charge is 0.325 e. The summed E-state index contributed by atoms with van der Waals surface area (Å²) in [4.78, 5) is 17.1. The molecule has 0 aliphatic heterocycles. The normalized spacial score (nSPS) is 12.1. The summed E-state index contributed by atoms with van der Waals surface area (Å²) in [5.41, 5.74) is 3.03. The molecule has 2 aromatic carbocycles. The van der Waals surface area contributed by atoms with Crippen LogP contribution in [-0.2, 0) is 4.79 Å². The van der Waals surface area contributed by atoms with Gasteiger partial charge in [-0.3, -0.25) is 9.78 Å². The van der Waals surface area contributed by atoms with Crippen molar-refractivity contribution in [1.82, 2.24) is 10.3 Å². The van der Waals surface area contributed by atoms with Gasteiger partial charge in [0.2, 0.25) is 5.91 Å². The highest BCUT2D eigenvalue weighted by molar-refractivity contribution is 5.98. The second-order valence-electron chi connectivity index (χ2n) is 6.59. The van der Waals surface area contributed by atoms with Gasteiger partial charge in [0, 0.05) is 30.0 Å². The third kappa shape index (κ3) is 4.46. The van der Waals surface area contributed by atoms with Crippen LogP contribution in [0.3, 0.4) is 0 Å². The molecular formula is C22H25N3O. The van der Waals surface area contributed by atoms with E-state index in [1.807, 2.05) is 42.6 Å². The Labute approximate surface area is 154 Å². The molecule has 0 fully saturated rings. The highest BCUT2D eigenvalue weighted by atomic mass is 16.1. The number of carbonyl (C=O) groups is 1. The molecule has 0 radical (unpaired) electrons. The van der Waals surface area contributed by atoms with Crippen LogP contribution in [-0.4, -0.2) is 24.0 Å². The van der Waals surface area contributed by atoms with Gasteiger partial charge in [0.1, 0.15) is 0 Å². The number of hydrogen-bond donors (Lipinski definition) is 2. The average molecular weight is 347 g/mol. The minimum absolute atomic E-state index is 0.00543. The van der Waals surface area contributed by atoms with Gasteiger partial charge in [-0.1, -0.05) is 42.8 Å². The number of fused-ring (bicyclic) bond motifs is 1. The number of benzene rings is 2. The first kappa shape index (κ1) is 18.1. The number of rotatable bonds is 7. The lowest BCUT2D eigenvalue weighted by molar-refractivity contribution is -0.117. The minimum atomic E-state index is -0.227. The van der Waals surface area contributed by atoms with Crippen LogP contribution in [0.2, 0.25) is 0 Å². The number of anilines is 1. The van der Waals surface area contributed by atoms with Crippen molar-refractivity contribution < 1.29 is 4.79 Å². The Bertz CT molecular complexity index is 874. The highest BCUT2D eigenvalue weighted by Gasteiger charge is 2.20. The van der Waals surface area contributed by atoms with E-state index in [1.165, 1.54) is 5.56 Å². The topological polar surface area (TPSA) is 54.0 Å². The van der Waals surface area contributed by atoms with Crippen molar-refractivity contribution in [2.45, 2.75) is 26.2 Å². The summed E-state index contributed by atoms with van der Waals surface area (Å²) in [6.45, 7) is 5.70. The molecule has 3 aromatic rings. The Morgan fingerprint density at radius 3 is 2.65 bits per heavy atom. The first-order valence-electron chi connectivity index (χ1n) is 9.09. The molecule has 26 heavy (non-hydrogen) atoms. The van der Waals surface area contributed by atoms with E-state index in [2.05, 4.69) is 41.6 Å². The summed E-state index contributed by atoms with van der Waals surface area (Å²) in [5.74, 6) is -0.221. The first-order chi connectivity index (χ1) is 12.7. The van der Waals surface area contributed by atoms with Crippen molar-refractivity contribution in [2.24, 2.45) is 0 Å². The second kappa shape index (κ2) is 8.59. The van der Waals surface area contributed by atoms with E-state index in [-0.39, 0.29) is 11.8 Å². The first-order valence-corrected chi connectivity index (χ1v) is 9.09. The van der Waals surface area contributed by atoms with Gasteiger partial charge in [-0.15, -0.1) is 0 Å². The van der Waals surface area contributed by atoms with Crippen LogP contribution in [0, 0.1) is 6.92 Å². The van der Waals surface area contributed by atoms with Crippen LogP contribution in [0.15, 0.2) is 60.9 Å². The maximum absolute atomic E-state index is 13.0. The van der Waals surface area contributed by atoms with Crippen molar-refractivity contribution >= 4 is 22.4 Å². The van der Waals surface area contributed by atoms with Gasteiger partial charge in [-0.05, 0) is 49.0 Å². The predicted octanol–water partition coefficient (Wildman–Crippen LogP) is 4.27. The quantitative estimate of drug-likeness (QED) is 0.628. The van der Waals surface area contributed by atoms with E-state index < -0.39 is 0 Å². The molecule has 1 aromatic heterocycles. The van der Waals surface area contributed by atoms with Gasteiger partial charge in [0.15, 0.2) is 0 Å². The summed E-state index contributed by atoms with van der Waals surface area (Å²) in [6, 6.07) is 16.0. The zero-order valence-electron chi connectivity index (χ0n) is 15.3. The molecule has 1 atom stereocenters. The standard InChI is InChI=1S/C22H25N3O/c1-3-11-23-15-21(17-6-4-16(2)5-7-17)22(26)25-20-9-8-19-14-24-12-10-18(19)13-20/h4-10,12-14,21,23H,3,11,15H2,1-2H3,(H,25,26). The molecular weight excluding hydrogens is 322 g/mol. The smallest absolute Gasteiger partial charge is 0.233 e. The van der Waals surface area contributed by atoms with Crippen LogP contribution >= 0.6 is 0 Å². The molecule has 4 heteroatoms. The number of nitrogens with one attached hydrogen (secondary N) is 2. The fraction of sp³-hybridized carbons (Fsp3) is 0.273. The summed E-state index contributed by atoms with van der Waals surface area (Å²) < 4.78 is 0. The molecule has 3 rings (SSSR count). The Kier molecular flexibility index (Phi) is 5.97. The Hall–Kier alpha value is -2.72. The number of aryl methyl sites for hydroxylation is 1. The Morgan fingerprint density at radius 1 is 1.08 bits per heavy atom. The fourth-order valence-corrected chi connectivity index (χ4v) is 2.97. The van der Waals surface area contributed by atoms with Crippen molar-refractivity contribution in [3.63, 3.8) is 0 Å². The lowest BCUT2D eigenvalue weighted by atomic mass is 9.96. The van der Waals surface area contributed by atoms with Crippen LogP contribution in [0.25, 0.3) is 10.8 Å². The van der Waals surface area contributed by atoms with E-state index in [0.717, 1.165) is 35.0 Å². The summed E-state index contributed by atoms with van der Waals surface area (Å²) in [7, 11) is 0. The third-order valence-electron chi connectivity index (χ3n) is 4.48. The maximum Gasteiger partial charge on any atom is 0.233 e. The van der Waals surface area contributed by atoms with E-state index in [4.69, 9.17) is 0 Å². The summed E-state index contributed by atoms with van der Waals surface area (Å²) in [5, 5.41) is 8.57. The molecule has 2 N–H and O–H groups in total. The van der Waals surface area contributed by atoms with Crippen molar-refractivity contribution in [3.05, 3.63) is 72.1 Å². The van der Waals surface area contributed by atoms with E-state index in [9.17, 15) is 4.79 Å². The number of nitrogens with zero attached hydrogens (tertiary/aromatic N) is 1. The second-order valence-corrected chi connectivity index (χ2v) is 6.59. The van der Waals surface area contributed by atoms with Crippen LogP contribution < -0.4 is 10.6 Å². The monoisotopic (exact) mass is 347 g/mol. The highest BCUT2D eigenvalue weighted by Crippen LogP contribution is 2.22. The minimum Gasteiger partial charge on any atom is -0.325 e. The molecule has 4 nitrogen and oxygen atoms in total. The van der Waals surface area contributed by atoms with Gasteiger partial charge >= 0.3 is 0 Å². The average Bonchev–Trinajstić information content (AvgIpc) is 2.66. The molecule has 0 aliphatic rings. The van der Waals surface area contributed by atoms with Crippen molar-refractivity contribution in [1.29, 1.82) is 0 Å². The molecule has 0 spiro atoms. The zero-order chi connectivity index (χ0) is 18.4. The molecule has 1 unspecified atom stereocenters. The Balaban J connectivity index is 1.79. The lowest BCUT2D eigenvalue weighted by Gasteiger charge is -2.18. The Morgan fingerprint density at radius 2 is 1.88 bits per heavy atom. The molecule has 0 aliphatic carbocycles. The number of pyridine rings is 1. The number of hydrogen-bond acceptors (Lipinski definition) is 3. The number of carbonyl (C=O) groups excluding carboxylic acids is 1. The van der Waals surface area contributed by atoms with Gasteiger partial charge < -0.3 is 10.6 Å². The summed E-state index contributed by atoms with van der Waals surface area (Å²) in [6.07, 6.45) is 4.63. The molecule has 1 amide bonds. The van der Waals surface area contributed by atoms with Crippen LogP contribution in [0.4, 0.5) is 5.69 Å². The molecule has 0 saturated carbocycles. The van der Waals surface area contributed by atoms with Crippen molar-refractivity contribution in [2.75, 3.05) is 18.4 Å². The van der Waals surface area contributed by atoms with Crippen LogP contribution in [0.5, 0.6) is 0 Å². The molecule has 134 valence electrons. The van der Waals surface area contributed by atoms with E-state index >= 15 is 0 Å². The predicted molar refractivity (Wildman–Crippen MR) is 107 cm³/mol. The van der Waals surface area contributed by atoms with Gasteiger partial charge in [0.05, 0.1) is 5.92 Å².